The molecule has 76 valence electrons. The highest BCUT2D eigenvalue weighted by Gasteiger charge is 2.13. The number of fused-ring (bicyclic) bond motifs is 1. The molecule has 0 aromatic carbocycles. The highest BCUT2D eigenvalue weighted by Crippen LogP contribution is 2.34. The van der Waals surface area contributed by atoms with Crippen LogP contribution in [0.25, 0.3) is 15.5 Å². The second-order valence-electron chi connectivity index (χ2n) is 3.28. The molecular formula is C11H10N2S2. The van der Waals surface area contributed by atoms with Gasteiger partial charge in [-0.3, -0.25) is 4.40 Å². The maximum absolute atomic E-state index is 4.34. The Bertz CT molecular complexity index is 575. The van der Waals surface area contributed by atoms with Crippen molar-refractivity contribution in [2.45, 2.75) is 13.3 Å². The molecule has 0 aliphatic rings. The number of imidazole rings is 1. The van der Waals surface area contributed by atoms with Crippen molar-refractivity contribution in [3.63, 3.8) is 0 Å². The molecule has 0 fully saturated rings. The maximum Gasteiger partial charge on any atom is 0.194 e. The quantitative estimate of drug-likeness (QED) is 0.661. The van der Waals surface area contributed by atoms with Gasteiger partial charge in [-0.15, -0.1) is 22.7 Å². The van der Waals surface area contributed by atoms with E-state index in [0.717, 1.165) is 11.4 Å². The average Bonchev–Trinajstić information content (AvgIpc) is 2.92. The maximum atomic E-state index is 4.34. The van der Waals surface area contributed by atoms with E-state index in [1.165, 1.54) is 15.4 Å². The third kappa shape index (κ3) is 1.33. The molecule has 0 aliphatic heterocycles. The lowest BCUT2D eigenvalue weighted by atomic mass is 10.2. The van der Waals surface area contributed by atoms with Gasteiger partial charge in [-0.1, -0.05) is 13.0 Å². The molecule has 3 aromatic heterocycles. The van der Waals surface area contributed by atoms with Crippen LogP contribution in [-0.4, -0.2) is 9.38 Å². The number of thiazole rings is 1. The fraction of sp³-hybridized carbons (Fsp3) is 0.182. The van der Waals surface area contributed by atoms with Gasteiger partial charge in [0.2, 0.25) is 0 Å². The number of thiophene rings is 1. The van der Waals surface area contributed by atoms with Crippen LogP contribution in [0.1, 0.15) is 11.8 Å². The Balaban J connectivity index is 2.34. The minimum Gasteiger partial charge on any atom is -0.289 e. The second kappa shape index (κ2) is 3.47. The molecule has 0 bridgehead atoms. The Morgan fingerprint density at radius 2 is 2.40 bits per heavy atom. The van der Waals surface area contributed by atoms with Crippen molar-refractivity contribution < 1.29 is 0 Å². The van der Waals surface area contributed by atoms with Gasteiger partial charge >= 0.3 is 0 Å². The Morgan fingerprint density at radius 3 is 3.13 bits per heavy atom. The molecule has 0 unspecified atom stereocenters. The zero-order valence-corrected chi connectivity index (χ0v) is 9.94. The van der Waals surface area contributed by atoms with E-state index < -0.39 is 0 Å². The molecule has 0 N–H and O–H groups in total. The molecule has 0 saturated carbocycles. The van der Waals surface area contributed by atoms with Gasteiger partial charge in [-0.2, -0.15) is 0 Å². The summed E-state index contributed by atoms with van der Waals surface area (Å²) < 4.78 is 2.19. The van der Waals surface area contributed by atoms with E-state index in [1.807, 2.05) is 12.4 Å². The van der Waals surface area contributed by atoms with Crippen LogP contribution >= 0.6 is 22.7 Å². The van der Waals surface area contributed by atoms with Gasteiger partial charge < -0.3 is 0 Å². The monoisotopic (exact) mass is 234 g/mol. The summed E-state index contributed by atoms with van der Waals surface area (Å²) in [7, 11) is 0. The van der Waals surface area contributed by atoms with Crippen LogP contribution in [-0.2, 0) is 6.42 Å². The van der Waals surface area contributed by atoms with Gasteiger partial charge in [-0.25, -0.2) is 4.98 Å². The minimum absolute atomic E-state index is 1.07. The first-order chi connectivity index (χ1) is 7.40. The summed E-state index contributed by atoms with van der Waals surface area (Å²) in [6, 6.07) is 4.27. The van der Waals surface area contributed by atoms with Crippen molar-refractivity contribution >= 4 is 27.6 Å². The van der Waals surface area contributed by atoms with Crippen LogP contribution in [0.4, 0.5) is 0 Å². The summed E-state index contributed by atoms with van der Waals surface area (Å²) in [5.41, 5.74) is 1.32. The normalized spacial score (nSPS) is 11.3. The first kappa shape index (κ1) is 9.12. The van der Waals surface area contributed by atoms with E-state index in [2.05, 4.69) is 33.8 Å². The first-order valence-electron chi connectivity index (χ1n) is 4.88. The summed E-state index contributed by atoms with van der Waals surface area (Å²) in [4.78, 5) is 8.18. The smallest absolute Gasteiger partial charge is 0.194 e. The molecule has 0 radical (unpaired) electrons. The largest absolute Gasteiger partial charge is 0.289 e. The third-order valence-corrected chi connectivity index (χ3v) is 4.49. The summed E-state index contributed by atoms with van der Waals surface area (Å²) in [6.07, 6.45) is 4.98. The molecule has 0 amide bonds. The number of nitrogens with zero attached hydrogens (tertiary/aromatic N) is 2. The molecule has 4 heteroatoms. The topological polar surface area (TPSA) is 17.3 Å². The van der Waals surface area contributed by atoms with E-state index in [0.29, 0.717) is 0 Å². The average molecular weight is 234 g/mol. The standard InChI is InChI=1S/C11H10N2S2/c1-2-8-10(9-4-3-7-14-9)13-6-5-12-11(13)15-8/h3-7H,2H2,1H3. The molecule has 3 rings (SSSR count). The Kier molecular flexibility index (Phi) is 2.11. The van der Waals surface area contributed by atoms with E-state index in [9.17, 15) is 0 Å². The number of rotatable bonds is 2. The third-order valence-electron chi connectivity index (χ3n) is 2.40. The van der Waals surface area contributed by atoms with Gasteiger partial charge in [0.25, 0.3) is 0 Å². The van der Waals surface area contributed by atoms with Crippen molar-refractivity contribution in [1.82, 2.24) is 9.38 Å². The lowest BCUT2D eigenvalue weighted by Gasteiger charge is -1.98. The van der Waals surface area contributed by atoms with Gasteiger partial charge in [0, 0.05) is 17.3 Å². The summed E-state index contributed by atoms with van der Waals surface area (Å²) >= 11 is 3.57. The van der Waals surface area contributed by atoms with E-state index in [4.69, 9.17) is 0 Å². The molecule has 2 nitrogen and oxygen atoms in total. The Morgan fingerprint density at radius 1 is 1.47 bits per heavy atom. The lowest BCUT2D eigenvalue weighted by molar-refractivity contribution is 1.14. The van der Waals surface area contributed by atoms with Crippen molar-refractivity contribution in [3.8, 4) is 10.6 Å². The fourth-order valence-electron chi connectivity index (χ4n) is 1.74. The van der Waals surface area contributed by atoms with Gasteiger partial charge in [-0.05, 0) is 17.9 Å². The highest BCUT2D eigenvalue weighted by atomic mass is 32.1. The molecule has 15 heavy (non-hydrogen) atoms. The van der Waals surface area contributed by atoms with Gasteiger partial charge in [0.05, 0.1) is 10.6 Å². The van der Waals surface area contributed by atoms with Crippen LogP contribution in [0, 0.1) is 0 Å². The zero-order chi connectivity index (χ0) is 10.3. The predicted molar refractivity (Wildman–Crippen MR) is 65.8 cm³/mol. The van der Waals surface area contributed by atoms with E-state index in [-0.39, 0.29) is 0 Å². The predicted octanol–water partition coefficient (Wildman–Crippen LogP) is 3.69. The fourth-order valence-corrected chi connectivity index (χ4v) is 3.63. The van der Waals surface area contributed by atoms with Gasteiger partial charge in [0.15, 0.2) is 4.96 Å². The van der Waals surface area contributed by atoms with Crippen LogP contribution in [0.15, 0.2) is 29.9 Å². The SMILES string of the molecule is CCc1sc2nccn2c1-c1cccs1. The van der Waals surface area contributed by atoms with Crippen LogP contribution in [0.5, 0.6) is 0 Å². The zero-order valence-electron chi connectivity index (χ0n) is 8.30. The molecule has 0 atom stereocenters. The first-order valence-corrected chi connectivity index (χ1v) is 6.58. The lowest BCUT2D eigenvalue weighted by Crippen LogP contribution is -1.84. The molecule has 3 heterocycles. The second-order valence-corrected chi connectivity index (χ2v) is 5.29. The van der Waals surface area contributed by atoms with Crippen LogP contribution < -0.4 is 0 Å². The van der Waals surface area contributed by atoms with Gasteiger partial charge in [0.1, 0.15) is 0 Å². The number of hydrogen-bond acceptors (Lipinski definition) is 3. The van der Waals surface area contributed by atoms with E-state index in [1.54, 1.807) is 22.7 Å². The Labute approximate surface area is 95.8 Å². The van der Waals surface area contributed by atoms with Crippen LogP contribution in [0.2, 0.25) is 0 Å². The van der Waals surface area contributed by atoms with Crippen LogP contribution in [0.3, 0.4) is 0 Å². The highest BCUT2D eigenvalue weighted by molar-refractivity contribution is 7.18. The van der Waals surface area contributed by atoms with Crippen molar-refractivity contribution in [2.75, 3.05) is 0 Å². The number of aromatic nitrogens is 2. The molecule has 0 aliphatic carbocycles. The molecule has 0 spiro atoms. The molecular weight excluding hydrogens is 224 g/mol. The summed E-state index contributed by atoms with van der Waals surface area (Å²) in [5, 5.41) is 2.12. The summed E-state index contributed by atoms with van der Waals surface area (Å²) in [6.45, 7) is 2.20. The number of aryl methyl sites for hydroxylation is 1. The van der Waals surface area contributed by atoms with Crippen molar-refractivity contribution in [2.24, 2.45) is 0 Å². The molecule has 0 saturated heterocycles. The van der Waals surface area contributed by atoms with Crippen molar-refractivity contribution in [1.29, 1.82) is 0 Å². The minimum atomic E-state index is 1.07. The molecule has 3 aromatic rings. The van der Waals surface area contributed by atoms with E-state index >= 15 is 0 Å². The summed E-state index contributed by atoms with van der Waals surface area (Å²) in [5.74, 6) is 0. The van der Waals surface area contributed by atoms with Crippen molar-refractivity contribution in [3.05, 3.63) is 34.8 Å². The number of hydrogen-bond donors (Lipinski definition) is 0. The Hall–Kier alpha value is -1.13.